The van der Waals surface area contributed by atoms with Crippen LogP contribution in [0.15, 0.2) is 36.5 Å². The Labute approximate surface area is 311 Å². The Morgan fingerprint density at radius 1 is 0.647 bits per heavy atom. The van der Waals surface area contributed by atoms with E-state index in [1.807, 2.05) is 6.08 Å². The van der Waals surface area contributed by atoms with Crippen molar-refractivity contribution in [1.82, 2.24) is 5.32 Å². The average Bonchev–Trinajstić information content (AvgIpc) is 3.13. The Hall–Kier alpha value is -1.59. The lowest BCUT2D eigenvalue weighted by molar-refractivity contribution is -0.302. The molecule has 9 heteroatoms. The zero-order valence-corrected chi connectivity index (χ0v) is 32.4. The van der Waals surface area contributed by atoms with Crippen LogP contribution in [0.4, 0.5) is 0 Å². The minimum Gasteiger partial charge on any atom is -0.394 e. The molecule has 6 N–H and O–H groups in total. The number of aliphatic hydroxyl groups excluding tert-OH is 5. The van der Waals surface area contributed by atoms with Gasteiger partial charge in [0.1, 0.15) is 24.4 Å². The number of amides is 1. The SMILES string of the molecule is CCCC/C=C/CC/C=C/CC/C=C/C(O)C(COC1OC(CO)C(O)C(O)C1O)NC(=O)CCCCCCCCCCCCCCCCCC. The zero-order chi connectivity index (χ0) is 37.4. The first-order valence-corrected chi connectivity index (χ1v) is 20.7. The van der Waals surface area contributed by atoms with E-state index >= 15 is 0 Å². The highest BCUT2D eigenvalue weighted by atomic mass is 16.7. The van der Waals surface area contributed by atoms with Gasteiger partial charge in [-0.25, -0.2) is 0 Å². The van der Waals surface area contributed by atoms with Crippen molar-refractivity contribution in [2.75, 3.05) is 13.2 Å². The van der Waals surface area contributed by atoms with E-state index in [1.54, 1.807) is 6.08 Å². The summed E-state index contributed by atoms with van der Waals surface area (Å²) in [5.74, 6) is -0.193. The van der Waals surface area contributed by atoms with Crippen LogP contribution in [-0.2, 0) is 14.3 Å². The van der Waals surface area contributed by atoms with E-state index in [2.05, 4.69) is 43.5 Å². The molecule has 1 amide bonds. The van der Waals surface area contributed by atoms with Gasteiger partial charge in [0.25, 0.3) is 0 Å². The molecule has 0 saturated carbocycles. The summed E-state index contributed by atoms with van der Waals surface area (Å²) in [7, 11) is 0. The first-order valence-electron chi connectivity index (χ1n) is 20.7. The molecular weight excluding hydrogens is 646 g/mol. The molecule has 1 aliphatic rings. The van der Waals surface area contributed by atoms with E-state index < -0.39 is 49.5 Å². The summed E-state index contributed by atoms with van der Waals surface area (Å²) in [5, 5.41) is 53.9. The van der Waals surface area contributed by atoms with Crippen LogP contribution < -0.4 is 5.32 Å². The number of allylic oxidation sites excluding steroid dienone is 5. The summed E-state index contributed by atoms with van der Waals surface area (Å²) in [6, 6.07) is -0.822. The molecule has 0 aromatic carbocycles. The minimum atomic E-state index is -1.57. The summed E-state index contributed by atoms with van der Waals surface area (Å²) < 4.78 is 11.1. The van der Waals surface area contributed by atoms with Crippen LogP contribution in [0.3, 0.4) is 0 Å². The van der Waals surface area contributed by atoms with Crippen molar-refractivity contribution in [3.63, 3.8) is 0 Å². The zero-order valence-electron chi connectivity index (χ0n) is 32.4. The van der Waals surface area contributed by atoms with Crippen LogP contribution >= 0.6 is 0 Å². The van der Waals surface area contributed by atoms with E-state index in [1.165, 1.54) is 96.3 Å². The van der Waals surface area contributed by atoms with Gasteiger partial charge in [-0.05, 0) is 38.5 Å². The number of carbonyl (C=O) groups excluding carboxylic acids is 1. The second-order valence-corrected chi connectivity index (χ2v) is 14.4. The number of nitrogens with one attached hydrogen (secondary N) is 1. The smallest absolute Gasteiger partial charge is 0.220 e. The van der Waals surface area contributed by atoms with E-state index in [-0.39, 0.29) is 12.5 Å². The van der Waals surface area contributed by atoms with Crippen LogP contribution in [-0.4, -0.2) is 87.5 Å². The van der Waals surface area contributed by atoms with Crippen molar-refractivity contribution in [3.8, 4) is 0 Å². The Morgan fingerprint density at radius 3 is 1.63 bits per heavy atom. The van der Waals surface area contributed by atoms with Gasteiger partial charge in [-0.2, -0.15) is 0 Å². The molecule has 0 aromatic heterocycles. The molecule has 7 atom stereocenters. The van der Waals surface area contributed by atoms with Crippen LogP contribution in [0.1, 0.15) is 168 Å². The predicted octanol–water partition coefficient (Wildman–Crippen LogP) is 7.72. The normalized spacial score (nSPS) is 22.4. The number of unbranched alkanes of at least 4 members (excludes halogenated alkanes) is 19. The topological polar surface area (TPSA) is 149 Å². The van der Waals surface area contributed by atoms with Gasteiger partial charge < -0.3 is 40.3 Å². The van der Waals surface area contributed by atoms with Gasteiger partial charge in [-0.3, -0.25) is 4.79 Å². The lowest BCUT2D eigenvalue weighted by Gasteiger charge is -2.40. The monoisotopic (exact) mass is 724 g/mol. The summed E-state index contributed by atoms with van der Waals surface area (Å²) in [6.45, 7) is 3.68. The van der Waals surface area contributed by atoms with Gasteiger partial charge in [-0.1, -0.05) is 159 Å². The molecule has 0 spiro atoms. The van der Waals surface area contributed by atoms with Gasteiger partial charge in [0.15, 0.2) is 6.29 Å². The quantitative estimate of drug-likeness (QED) is 0.0298. The molecule has 0 aromatic rings. The minimum absolute atomic E-state index is 0.193. The first kappa shape index (κ1) is 47.4. The molecule has 1 rings (SSSR count). The van der Waals surface area contributed by atoms with Crippen LogP contribution in [0.2, 0.25) is 0 Å². The summed E-state index contributed by atoms with van der Waals surface area (Å²) >= 11 is 0. The van der Waals surface area contributed by atoms with E-state index in [0.717, 1.165) is 51.4 Å². The fourth-order valence-corrected chi connectivity index (χ4v) is 6.29. The average molecular weight is 724 g/mol. The van der Waals surface area contributed by atoms with Gasteiger partial charge in [0.05, 0.1) is 25.4 Å². The fraction of sp³-hybridized carbons (Fsp3) is 0.833. The van der Waals surface area contributed by atoms with Crippen LogP contribution in [0, 0.1) is 0 Å². The van der Waals surface area contributed by atoms with Gasteiger partial charge >= 0.3 is 0 Å². The van der Waals surface area contributed by atoms with Gasteiger partial charge in [0.2, 0.25) is 5.91 Å². The fourth-order valence-electron chi connectivity index (χ4n) is 6.29. The number of ether oxygens (including phenoxy) is 2. The molecule has 0 bridgehead atoms. The Morgan fingerprint density at radius 2 is 1.12 bits per heavy atom. The molecule has 1 saturated heterocycles. The molecule has 0 aliphatic carbocycles. The predicted molar refractivity (Wildman–Crippen MR) is 207 cm³/mol. The first-order chi connectivity index (χ1) is 24.8. The maximum Gasteiger partial charge on any atom is 0.220 e. The van der Waals surface area contributed by atoms with Gasteiger partial charge in [-0.15, -0.1) is 0 Å². The molecule has 9 nitrogen and oxygen atoms in total. The van der Waals surface area contributed by atoms with Crippen molar-refractivity contribution < 1.29 is 39.8 Å². The largest absolute Gasteiger partial charge is 0.394 e. The number of rotatable bonds is 33. The molecule has 1 fully saturated rings. The third-order valence-corrected chi connectivity index (χ3v) is 9.70. The van der Waals surface area contributed by atoms with E-state index in [9.17, 15) is 30.3 Å². The van der Waals surface area contributed by atoms with Crippen LogP contribution in [0.5, 0.6) is 0 Å². The third-order valence-electron chi connectivity index (χ3n) is 9.70. The highest BCUT2D eigenvalue weighted by Gasteiger charge is 2.44. The lowest BCUT2D eigenvalue weighted by atomic mass is 9.99. The second-order valence-electron chi connectivity index (χ2n) is 14.4. The molecular formula is C42H77NO8. The Bertz CT molecular complexity index is 894. The van der Waals surface area contributed by atoms with Crippen molar-refractivity contribution in [1.29, 1.82) is 0 Å². The van der Waals surface area contributed by atoms with Crippen LogP contribution in [0.25, 0.3) is 0 Å². The van der Waals surface area contributed by atoms with E-state index in [0.29, 0.717) is 6.42 Å². The van der Waals surface area contributed by atoms with Crippen molar-refractivity contribution in [2.24, 2.45) is 0 Å². The van der Waals surface area contributed by atoms with Crippen molar-refractivity contribution >= 4 is 5.91 Å². The van der Waals surface area contributed by atoms with Gasteiger partial charge in [0, 0.05) is 6.42 Å². The highest BCUT2D eigenvalue weighted by Crippen LogP contribution is 2.22. The maximum atomic E-state index is 12.9. The number of aliphatic hydroxyl groups is 5. The molecule has 0 radical (unpaired) electrons. The summed E-state index contributed by atoms with van der Waals surface area (Å²) in [5.41, 5.74) is 0. The number of carbonyl (C=O) groups is 1. The highest BCUT2D eigenvalue weighted by molar-refractivity contribution is 5.76. The molecule has 1 aliphatic heterocycles. The number of hydrogen-bond donors (Lipinski definition) is 6. The Kier molecular flexibility index (Phi) is 30.7. The number of hydrogen-bond acceptors (Lipinski definition) is 8. The summed E-state index contributed by atoms with van der Waals surface area (Å²) in [4.78, 5) is 12.9. The molecule has 51 heavy (non-hydrogen) atoms. The molecule has 1 heterocycles. The maximum absolute atomic E-state index is 12.9. The second kappa shape index (κ2) is 33.0. The molecule has 7 unspecified atom stereocenters. The lowest BCUT2D eigenvalue weighted by Crippen LogP contribution is -2.60. The van der Waals surface area contributed by atoms with Crippen molar-refractivity contribution in [2.45, 2.75) is 211 Å². The van der Waals surface area contributed by atoms with E-state index in [4.69, 9.17) is 9.47 Å². The Balaban J connectivity index is 2.42. The summed E-state index contributed by atoms with van der Waals surface area (Å²) in [6.07, 6.45) is 31.9. The van der Waals surface area contributed by atoms with Crippen molar-refractivity contribution in [3.05, 3.63) is 36.5 Å². The third kappa shape index (κ3) is 24.4. The standard InChI is InChI=1S/C42H77NO8/c1-3-5-7-9-11-13-15-17-18-19-20-22-24-26-28-30-32-38(46)43-35(34-50-42-41(49)40(48)39(47)37(33-44)51-42)36(45)31-29-27-25-23-21-16-14-12-10-8-6-4-2/h10,12,21,23,29,31,35-37,39-42,44-45,47-49H,3-9,11,13-20,22,24-28,30,32-34H2,1-2H3,(H,43,46)/b12-10+,23-21+,31-29+. The molecule has 298 valence electrons.